The summed E-state index contributed by atoms with van der Waals surface area (Å²) >= 11 is 0. The normalized spacial score (nSPS) is 29.5. The van der Waals surface area contributed by atoms with Gasteiger partial charge in [0.1, 0.15) is 0 Å². The molecule has 0 aromatic rings. The van der Waals surface area contributed by atoms with Gasteiger partial charge in [0.05, 0.1) is 6.10 Å². The van der Waals surface area contributed by atoms with Gasteiger partial charge in [-0.05, 0) is 44.1 Å². The van der Waals surface area contributed by atoms with E-state index in [1.54, 1.807) is 0 Å². The van der Waals surface area contributed by atoms with Gasteiger partial charge in [0.15, 0.2) is 0 Å². The van der Waals surface area contributed by atoms with Crippen LogP contribution in [0.3, 0.4) is 0 Å². The lowest BCUT2D eigenvalue weighted by atomic mass is 9.72. The van der Waals surface area contributed by atoms with Crippen LogP contribution in [0.15, 0.2) is 0 Å². The lowest BCUT2D eigenvalue weighted by Crippen LogP contribution is -2.51. The summed E-state index contributed by atoms with van der Waals surface area (Å²) in [6.45, 7) is 8.95. The predicted molar refractivity (Wildman–Crippen MR) is 80.3 cm³/mol. The Labute approximate surface area is 118 Å². The summed E-state index contributed by atoms with van der Waals surface area (Å²) in [6.07, 6.45) is 9.51. The van der Waals surface area contributed by atoms with Crippen molar-refractivity contribution in [3.05, 3.63) is 0 Å². The van der Waals surface area contributed by atoms with Gasteiger partial charge in [-0.25, -0.2) is 0 Å². The molecule has 0 aromatic carbocycles. The van der Waals surface area contributed by atoms with Crippen molar-refractivity contribution >= 4 is 0 Å². The topological polar surface area (TPSA) is 38.5 Å². The molecule has 2 N–H and O–H groups in total. The molecule has 0 aromatic heterocycles. The van der Waals surface area contributed by atoms with Gasteiger partial charge in [-0.1, -0.05) is 26.7 Å². The molecule has 1 aliphatic heterocycles. The Balaban J connectivity index is 1.76. The average Bonchev–Trinajstić information content (AvgIpc) is 2.40. The van der Waals surface area contributed by atoms with Gasteiger partial charge in [-0.3, -0.25) is 4.90 Å². The summed E-state index contributed by atoms with van der Waals surface area (Å²) in [7, 11) is 0. The van der Waals surface area contributed by atoms with E-state index in [0.717, 1.165) is 25.6 Å². The molecule has 2 rings (SSSR count). The van der Waals surface area contributed by atoms with Crippen LogP contribution in [0.2, 0.25) is 0 Å². The van der Waals surface area contributed by atoms with Crippen LogP contribution in [-0.2, 0) is 4.74 Å². The Bertz CT molecular complexity index is 259. The molecule has 2 fully saturated rings. The van der Waals surface area contributed by atoms with E-state index in [2.05, 4.69) is 18.7 Å². The van der Waals surface area contributed by atoms with Crippen LogP contribution in [0, 0.1) is 5.41 Å². The van der Waals surface area contributed by atoms with E-state index in [1.807, 2.05) is 0 Å². The molecule has 0 bridgehead atoms. The van der Waals surface area contributed by atoms with E-state index < -0.39 is 0 Å². The molecule has 1 heterocycles. The molecule has 1 aliphatic carbocycles. The maximum atomic E-state index is 5.90. The third-order valence-corrected chi connectivity index (χ3v) is 5.07. The molecule has 3 heteroatoms. The smallest absolute Gasteiger partial charge is 0.0599 e. The molecule has 2 aliphatic rings. The first kappa shape index (κ1) is 15.3. The van der Waals surface area contributed by atoms with Gasteiger partial charge in [0.25, 0.3) is 0 Å². The second-order valence-corrected chi connectivity index (χ2v) is 7.00. The Morgan fingerprint density at radius 3 is 2.53 bits per heavy atom. The minimum Gasteiger partial charge on any atom is -0.378 e. The third kappa shape index (κ3) is 4.17. The highest BCUT2D eigenvalue weighted by atomic mass is 16.5. The molecule has 1 unspecified atom stereocenters. The first-order valence-electron chi connectivity index (χ1n) is 8.19. The van der Waals surface area contributed by atoms with Crippen molar-refractivity contribution in [1.29, 1.82) is 0 Å². The van der Waals surface area contributed by atoms with Crippen molar-refractivity contribution in [2.45, 2.75) is 70.9 Å². The SMILES string of the molecule is CC1(C)CCCCC1N1CCC(OCCCN)CC1. The van der Waals surface area contributed by atoms with Crippen molar-refractivity contribution < 1.29 is 4.74 Å². The van der Waals surface area contributed by atoms with E-state index in [0.29, 0.717) is 11.5 Å². The molecule has 1 atom stereocenters. The zero-order chi connectivity index (χ0) is 13.7. The summed E-state index contributed by atoms with van der Waals surface area (Å²) < 4.78 is 5.90. The number of nitrogens with zero attached hydrogens (tertiary/aromatic N) is 1. The Kier molecular flexibility index (Phi) is 5.67. The number of hydrogen-bond acceptors (Lipinski definition) is 3. The molecule has 1 saturated carbocycles. The molecule has 112 valence electrons. The van der Waals surface area contributed by atoms with Crippen molar-refractivity contribution in [2.75, 3.05) is 26.2 Å². The Morgan fingerprint density at radius 1 is 1.16 bits per heavy atom. The highest BCUT2D eigenvalue weighted by Gasteiger charge is 2.37. The van der Waals surface area contributed by atoms with Crippen molar-refractivity contribution in [2.24, 2.45) is 11.1 Å². The van der Waals surface area contributed by atoms with E-state index >= 15 is 0 Å². The zero-order valence-corrected chi connectivity index (χ0v) is 12.9. The number of ether oxygens (including phenoxy) is 1. The second-order valence-electron chi connectivity index (χ2n) is 7.00. The van der Waals surface area contributed by atoms with Gasteiger partial charge in [-0.2, -0.15) is 0 Å². The summed E-state index contributed by atoms with van der Waals surface area (Å²) in [4.78, 5) is 2.74. The van der Waals surface area contributed by atoms with Crippen LogP contribution >= 0.6 is 0 Å². The van der Waals surface area contributed by atoms with Crippen molar-refractivity contribution in [1.82, 2.24) is 4.90 Å². The molecule has 0 radical (unpaired) electrons. The van der Waals surface area contributed by atoms with Crippen LogP contribution in [0.1, 0.15) is 58.8 Å². The summed E-state index contributed by atoms with van der Waals surface area (Å²) in [5.41, 5.74) is 6.01. The van der Waals surface area contributed by atoms with E-state index in [9.17, 15) is 0 Å². The fourth-order valence-corrected chi connectivity index (χ4v) is 3.84. The number of nitrogens with two attached hydrogens (primary N) is 1. The van der Waals surface area contributed by atoms with Crippen molar-refractivity contribution in [3.8, 4) is 0 Å². The number of rotatable bonds is 5. The Hall–Kier alpha value is -0.120. The number of likely N-dealkylation sites (tertiary alicyclic amines) is 1. The monoisotopic (exact) mass is 268 g/mol. The maximum Gasteiger partial charge on any atom is 0.0599 e. The van der Waals surface area contributed by atoms with Crippen LogP contribution < -0.4 is 5.73 Å². The molecule has 3 nitrogen and oxygen atoms in total. The van der Waals surface area contributed by atoms with Crippen LogP contribution in [0.5, 0.6) is 0 Å². The van der Waals surface area contributed by atoms with Crippen LogP contribution in [-0.4, -0.2) is 43.3 Å². The average molecular weight is 268 g/mol. The fourth-order valence-electron chi connectivity index (χ4n) is 3.84. The van der Waals surface area contributed by atoms with Gasteiger partial charge < -0.3 is 10.5 Å². The molecule has 0 amide bonds. The first-order chi connectivity index (χ1) is 9.13. The fraction of sp³-hybridized carbons (Fsp3) is 1.00. The quantitative estimate of drug-likeness (QED) is 0.779. The summed E-state index contributed by atoms with van der Waals surface area (Å²) in [5.74, 6) is 0. The van der Waals surface area contributed by atoms with Crippen LogP contribution in [0.25, 0.3) is 0 Å². The highest BCUT2D eigenvalue weighted by Crippen LogP contribution is 2.39. The van der Waals surface area contributed by atoms with E-state index in [4.69, 9.17) is 10.5 Å². The third-order valence-electron chi connectivity index (χ3n) is 5.07. The lowest BCUT2D eigenvalue weighted by molar-refractivity contribution is -0.0287. The van der Waals surface area contributed by atoms with Crippen molar-refractivity contribution in [3.63, 3.8) is 0 Å². The van der Waals surface area contributed by atoms with Gasteiger partial charge in [-0.15, -0.1) is 0 Å². The van der Waals surface area contributed by atoms with Gasteiger partial charge in [0.2, 0.25) is 0 Å². The second kappa shape index (κ2) is 7.05. The number of hydrogen-bond donors (Lipinski definition) is 1. The maximum absolute atomic E-state index is 5.90. The molecular weight excluding hydrogens is 236 g/mol. The minimum atomic E-state index is 0.481. The standard InChI is InChI=1S/C16H32N2O/c1-16(2)9-4-3-6-15(16)18-11-7-14(8-12-18)19-13-5-10-17/h14-15H,3-13,17H2,1-2H3. The molecular formula is C16H32N2O. The minimum absolute atomic E-state index is 0.481. The Morgan fingerprint density at radius 2 is 1.89 bits per heavy atom. The first-order valence-corrected chi connectivity index (χ1v) is 8.19. The summed E-state index contributed by atoms with van der Waals surface area (Å²) in [6, 6.07) is 0.797. The predicted octanol–water partition coefficient (Wildman–Crippen LogP) is 2.79. The lowest BCUT2D eigenvalue weighted by Gasteiger charge is -2.47. The van der Waals surface area contributed by atoms with Gasteiger partial charge >= 0.3 is 0 Å². The van der Waals surface area contributed by atoms with Gasteiger partial charge in [0, 0.05) is 25.7 Å². The molecule has 1 saturated heterocycles. The van der Waals surface area contributed by atoms with E-state index in [1.165, 1.54) is 51.6 Å². The van der Waals surface area contributed by atoms with E-state index in [-0.39, 0.29) is 0 Å². The van der Waals surface area contributed by atoms with Crippen LogP contribution in [0.4, 0.5) is 0 Å². The highest BCUT2D eigenvalue weighted by molar-refractivity contribution is 4.91. The molecule has 19 heavy (non-hydrogen) atoms. The zero-order valence-electron chi connectivity index (χ0n) is 12.9. The molecule has 0 spiro atoms. The largest absolute Gasteiger partial charge is 0.378 e. The summed E-state index contributed by atoms with van der Waals surface area (Å²) in [5, 5.41) is 0. The number of piperidine rings is 1.